The SMILES string of the molecule is C[C@@H](N)c1ccc(C(=O)Nc2ccnc3[nH]ncc23)cc1[N+](=O)[O-]. The first-order valence-corrected chi connectivity index (χ1v) is 7.10. The Balaban J connectivity index is 1.94. The van der Waals surface area contributed by atoms with Gasteiger partial charge in [-0.15, -0.1) is 0 Å². The molecule has 2 aromatic heterocycles. The molecule has 122 valence electrons. The highest BCUT2D eigenvalue weighted by Gasteiger charge is 2.20. The third-order valence-electron chi connectivity index (χ3n) is 3.58. The number of pyridine rings is 1. The molecular formula is C15H14N6O3. The molecule has 0 aliphatic heterocycles. The van der Waals surface area contributed by atoms with Gasteiger partial charge in [0.1, 0.15) is 0 Å². The lowest BCUT2D eigenvalue weighted by atomic mass is 10.0. The van der Waals surface area contributed by atoms with Gasteiger partial charge in [0.25, 0.3) is 11.6 Å². The molecule has 9 nitrogen and oxygen atoms in total. The Hall–Kier alpha value is -3.33. The number of hydrogen-bond acceptors (Lipinski definition) is 6. The molecule has 0 saturated heterocycles. The van der Waals surface area contributed by atoms with Gasteiger partial charge in [0, 0.05) is 29.4 Å². The molecule has 0 bridgehead atoms. The fourth-order valence-electron chi connectivity index (χ4n) is 2.38. The van der Waals surface area contributed by atoms with Crippen LogP contribution in [0.25, 0.3) is 11.0 Å². The van der Waals surface area contributed by atoms with Crippen LogP contribution in [-0.4, -0.2) is 26.0 Å². The molecule has 0 radical (unpaired) electrons. The summed E-state index contributed by atoms with van der Waals surface area (Å²) in [6.07, 6.45) is 3.07. The monoisotopic (exact) mass is 326 g/mol. The number of anilines is 1. The maximum atomic E-state index is 12.4. The van der Waals surface area contributed by atoms with Crippen molar-refractivity contribution in [2.24, 2.45) is 5.73 Å². The Morgan fingerprint density at radius 3 is 2.92 bits per heavy atom. The van der Waals surface area contributed by atoms with E-state index < -0.39 is 16.9 Å². The molecule has 0 aliphatic rings. The van der Waals surface area contributed by atoms with E-state index in [2.05, 4.69) is 20.5 Å². The number of nitrogens with one attached hydrogen (secondary N) is 2. The number of fused-ring (bicyclic) bond motifs is 1. The van der Waals surface area contributed by atoms with Gasteiger partial charge in [0.15, 0.2) is 5.65 Å². The number of aromatic amines is 1. The second-order valence-electron chi connectivity index (χ2n) is 5.26. The van der Waals surface area contributed by atoms with E-state index in [0.29, 0.717) is 22.3 Å². The number of hydrogen-bond donors (Lipinski definition) is 3. The molecule has 3 rings (SSSR count). The molecule has 0 saturated carbocycles. The van der Waals surface area contributed by atoms with Crippen molar-refractivity contribution in [1.29, 1.82) is 0 Å². The molecule has 0 unspecified atom stereocenters. The minimum atomic E-state index is -0.545. The molecule has 1 atom stereocenters. The van der Waals surface area contributed by atoms with E-state index in [1.807, 2.05) is 0 Å². The Labute approximate surface area is 136 Å². The predicted octanol–water partition coefficient (Wildman–Crippen LogP) is 2.14. The van der Waals surface area contributed by atoms with Gasteiger partial charge in [-0.3, -0.25) is 20.0 Å². The van der Waals surface area contributed by atoms with Crippen LogP contribution in [0.1, 0.15) is 28.9 Å². The topological polar surface area (TPSA) is 140 Å². The summed E-state index contributed by atoms with van der Waals surface area (Å²) in [5.41, 5.74) is 7.13. The number of carbonyl (C=O) groups is 1. The van der Waals surface area contributed by atoms with Gasteiger partial charge in [0.2, 0.25) is 0 Å². The van der Waals surface area contributed by atoms with E-state index in [-0.39, 0.29) is 11.3 Å². The Morgan fingerprint density at radius 2 is 2.21 bits per heavy atom. The van der Waals surface area contributed by atoms with Crippen molar-refractivity contribution in [3.8, 4) is 0 Å². The van der Waals surface area contributed by atoms with Gasteiger partial charge in [-0.1, -0.05) is 0 Å². The Bertz CT molecular complexity index is 934. The lowest BCUT2D eigenvalue weighted by molar-refractivity contribution is -0.385. The first-order chi connectivity index (χ1) is 11.5. The van der Waals surface area contributed by atoms with Gasteiger partial charge >= 0.3 is 0 Å². The molecule has 24 heavy (non-hydrogen) atoms. The van der Waals surface area contributed by atoms with Crippen LogP contribution < -0.4 is 11.1 Å². The average molecular weight is 326 g/mol. The fraction of sp³-hybridized carbons (Fsp3) is 0.133. The quantitative estimate of drug-likeness (QED) is 0.495. The van der Waals surface area contributed by atoms with Crippen molar-refractivity contribution in [3.05, 3.63) is 57.9 Å². The summed E-state index contributed by atoms with van der Waals surface area (Å²) in [7, 11) is 0. The van der Waals surface area contributed by atoms with E-state index in [9.17, 15) is 14.9 Å². The van der Waals surface area contributed by atoms with Crippen LogP contribution in [0, 0.1) is 10.1 Å². The van der Waals surface area contributed by atoms with Gasteiger partial charge in [0.05, 0.1) is 22.2 Å². The minimum Gasteiger partial charge on any atom is -0.324 e. The molecule has 4 N–H and O–H groups in total. The molecule has 9 heteroatoms. The highest BCUT2D eigenvalue weighted by Crippen LogP contribution is 2.26. The smallest absolute Gasteiger partial charge is 0.274 e. The number of amides is 1. The predicted molar refractivity (Wildman–Crippen MR) is 87.5 cm³/mol. The van der Waals surface area contributed by atoms with Crippen molar-refractivity contribution in [3.63, 3.8) is 0 Å². The fourth-order valence-corrected chi connectivity index (χ4v) is 2.38. The number of nitrogens with two attached hydrogens (primary N) is 1. The zero-order chi connectivity index (χ0) is 17.3. The number of rotatable bonds is 4. The van der Waals surface area contributed by atoms with E-state index in [1.165, 1.54) is 24.4 Å². The highest BCUT2D eigenvalue weighted by molar-refractivity contribution is 6.08. The normalized spacial score (nSPS) is 12.1. The van der Waals surface area contributed by atoms with Crippen molar-refractivity contribution >= 4 is 28.3 Å². The lowest BCUT2D eigenvalue weighted by Crippen LogP contribution is -2.14. The zero-order valence-corrected chi connectivity index (χ0v) is 12.7. The summed E-state index contributed by atoms with van der Waals surface area (Å²) in [6, 6.07) is 5.35. The number of nitro benzene ring substituents is 1. The van der Waals surface area contributed by atoms with E-state index in [1.54, 1.807) is 19.2 Å². The van der Waals surface area contributed by atoms with Crippen molar-refractivity contribution in [2.45, 2.75) is 13.0 Å². The molecule has 2 heterocycles. The number of aromatic nitrogens is 3. The first-order valence-electron chi connectivity index (χ1n) is 7.10. The van der Waals surface area contributed by atoms with Crippen molar-refractivity contribution < 1.29 is 9.72 Å². The maximum absolute atomic E-state index is 12.4. The third-order valence-corrected chi connectivity index (χ3v) is 3.58. The standard InChI is InChI=1S/C15H14N6O3/c1-8(16)10-3-2-9(6-13(10)21(23)24)15(22)19-12-4-5-17-14-11(12)7-18-20-14/h2-8H,16H2,1H3,(H2,17,18,19,20,22)/t8-/m1/s1. The second kappa shape index (κ2) is 6.05. The number of H-pyrrole nitrogens is 1. The van der Waals surface area contributed by atoms with Crippen LogP contribution >= 0.6 is 0 Å². The van der Waals surface area contributed by atoms with Crippen LogP contribution in [-0.2, 0) is 0 Å². The van der Waals surface area contributed by atoms with Crippen molar-refractivity contribution in [2.75, 3.05) is 5.32 Å². The lowest BCUT2D eigenvalue weighted by Gasteiger charge is -2.09. The summed E-state index contributed by atoms with van der Waals surface area (Å²) >= 11 is 0. The van der Waals surface area contributed by atoms with Crippen LogP contribution in [0.2, 0.25) is 0 Å². The molecule has 1 aromatic carbocycles. The van der Waals surface area contributed by atoms with Crippen LogP contribution in [0.3, 0.4) is 0 Å². The Morgan fingerprint density at radius 1 is 1.42 bits per heavy atom. The Kier molecular flexibility index (Phi) is 3.92. The van der Waals surface area contributed by atoms with E-state index in [4.69, 9.17) is 5.73 Å². The number of benzene rings is 1. The molecule has 1 amide bonds. The molecule has 0 fully saturated rings. The van der Waals surface area contributed by atoms with Gasteiger partial charge < -0.3 is 11.1 Å². The summed E-state index contributed by atoms with van der Waals surface area (Å²) in [5.74, 6) is -0.469. The third kappa shape index (κ3) is 2.79. The molecule has 0 aliphatic carbocycles. The van der Waals surface area contributed by atoms with Crippen LogP contribution in [0.15, 0.2) is 36.7 Å². The van der Waals surface area contributed by atoms with Crippen LogP contribution in [0.5, 0.6) is 0 Å². The average Bonchev–Trinajstić information content (AvgIpc) is 3.03. The largest absolute Gasteiger partial charge is 0.324 e. The summed E-state index contributed by atoms with van der Waals surface area (Å²) in [6.45, 7) is 1.65. The number of carbonyl (C=O) groups excluding carboxylic acids is 1. The molecule has 3 aromatic rings. The second-order valence-corrected chi connectivity index (χ2v) is 5.26. The molecule has 0 spiro atoms. The summed E-state index contributed by atoms with van der Waals surface area (Å²) in [4.78, 5) is 27.1. The minimum absolute atomic E-state index is 0.166. The van der Waals surface area contributed by atoms with Gasteiger partial charge in [-0.2, -0.15) is 5.10 Å². The van der Waals surface area contributed by atoms with Crippen LogP contribution in [0.4, 0.5) is 11.4 Å². The van der Waals surface area contributed by atoms with Gasteiger partial charge in [-0.25, -0.2) is 4.98 Å². The summed E-state index contributed by atoms with van der Waals surface area (Å²) < 4.78 is 0. The summed E-state index contributed by atoms with van der Waals surface area (Å²) in [5, 5.41) is 21.1. The first kappa shape index (κ1) is 15.6. The van der Waals surface area contributed by atoms with Crippen molar-refractivity contribution in [1.82, 2.24) is 15.2 Å². The zero-order valence-electron chi connectivity index (χ0n) is 12.7. The maximum Gasteiger partial charge on any atom is 0.274 e. The van der Waals surface area contributed by atoms with E-state index in [0.717, 1.165) is 0 Å². The highest BCUT2D eigenvalue weighted by atomic mass is 16.6. The van der Waals surface area contributed by atoms with E-state index >= 15 is 0 Å². The van der Waals surface area contributed by atoms with Gasteiger partial charge in [-0.05, 0) is 25.1 Å². The number of nitrogens with zero attached hydrogens (tertiary/aromatic N) is 3. The molecular weight excluding hydrogens is 312 g/mol. The number of nitro groups is 1.